The van der Waals surface area contributed by atoms with E-state index in [1.165, 1.54) is 23.8 Å². The van der Waals surface area contributed by atoms with Crippen molar-refractivity contribution < 1.29 is 18.3 Å². The molecule has 0 aliphatic carbocycles. The minimum absolute atomic E-state index is 0.00316. The lowest BCUT2D eigenvalue weighted by Crippen LogP contribution is -2.35. The predicted octanol–water partition coefficient (Wildman–Crippen LogP) is 4.67. The molecule has 0 aromatic heterocycles. The molecule has 3 nitrogen and oxygen atoms in total. The highest BCUT2D eigenvalue weighted by molar-refractivity contribution is 5.59. The molecule has 24 heavy (non-hydrogen) atoms. The first-order valence-electron chi connectivity index (χ1n) is 8.13. The number of rotatable bonds is 2. The second-order valence-corrected chi connectivity index (χ2v) is 6.60. The van der Waals surface area contributed by atoms with E-state index in [4.69, 9.17) is 9.47 Å². The molecule has 1 N–H and O–H groups in total. The molecule has 2 aromatic carbocycles. The van der Waals surface area contributed by atoms with Gasteiger partial charge in [0.1, 0.15) is 30.6 Å². The summed E-state index contributed by atoms with van der Waals surface area (Å²) in [6.07, 6.45) is -0.796. The maximum absolute atomic E-state index is 14.3. The third-order valence-corrected chi connectivity index (χ3v) is 4.81. The van der Waals surface area contributed by atoms with Crippen molar-refractivity contribution in [3.8, 4) is 0 Å². The summed E-state index contributed by atoms with van der Waals surface area (Å²) in [5.41, 5.74) is 3.01. The molecule has 126 valence electrons. The van der Waals surface area contributed by atoms with Crippen molar-refractivity contribution >= 4 is 5.69 Å². The van der Waals surface area contributed by atoms with Gasteiger partial charge in [-0.3, -0.25) is 0 Å². The Morgan fingerprint density at radius 3 is 2.54 bits per heavy atom. The van der Waals surface area contributed by atoms with Gasteiger partial charge in [0.2, 0.25) is 0 Å². The fourth-order valence-electron chi connectivity index (χ4n) is 3.51. The molecule has 0 spiro atoms. The summed E-state index contributed by atoms with van der Waals surface area (Å²) >= 11 is 0. The van der Waals surface area contributed by atoms with Crippen molar-refractivity contribution in [2.24, 2.45) is 0 Å². The number of fused-ring (bicyclic) bond motifs is 3. The monoisotopic (exact) mass is 331 g/mol. The quantitative estimate of drug-likeness (QED) is 0.867. The van der Waals surface area contributed by atoms with Crippen molar-refractivity contribution in [3.05, 3.63) is 64.7 Å². The zero-order chi connectivity index (χ0) is 16.8. The van der Waals surface area contributed by atoms with E-state index in [9.17, 15) is 8.78 Å². The minimum atomic E-state index is -0.629. The molecule has 0 amide bonds. The molecular formula is C19H19F2NO2. The predicted molar refractivity (Wildman–Crippen MR) is 86.8 cm³/mol. The van der Waals surface area contributed by atoms with Gasteiger partial charge in [0.15, 0.2) is 0 Å². The molecule has 0 saturated carbocycles. The van der Waals surface area contributed by atoms with Crippen LogP contribution < -0.4 is 5.32 Å². The van der Waals surface area contributed by atoms with Gasteiger partial charge in [-0.05, 0) is 29.7 Å². The first-order valence-corrected chi connectivity index (χ1v) is 8.13. The van der Waals surface area contributed by atoms with Gasteiger partial charge in [-0.25, -0.2) is 8.78 Å². The van der Waals surface area contributed by atoms with E-state index in [0.29, 0.717) is 5.92 Å². The van der Waals surface area contributed by atoms with Crippen molar-refractivity contribution in [1.82, 2.24) is 0 Å². The van der Waals surface area contributed by atoms with Crippen molar-refractivity contribution in [2.75, 3.05) is 12.1 Å². The van der Waals surface area contributed by atoms with Gasteiger partial charge in [-0.15, -0.1) is 0 Å². The summed E-state index contributed by atoms with van der Waals surface area (Å²) < 4.78 is 39.9. The molecule has 1 saturated heterocycles. The smallest absolute Gasteiger partial charge is 0.148 e. The van der Waals surface area contributed by atoms with Gasteiger partial charge >= 0.3 is 0 Å². The van der Waals surface area contributed by atoms with Crippen LogP contribution in [0, 0.1) is 11.6 Å². The first kappa shape index (κ1) is 15.5. The molecule has 1 fully saturated rings. The molecule has 0 radical (unpaired) electrons. The Morgan fingerprint density at radius 1 is 1.08 bits per heavy atom. The number of hydrogen-bond donors (Lipinski definition) is 1. The van der Waals surface area contributed by atoms with E-state index in [2.05, 4.69) is 25.2 Å². The fourth-order valence-corrected chi connectivity index (χ4v) is 3.51. The molecule has 2 heterocycles. The second-order valence-electron chi connectivity index (χ2n) is 6.60. The lowest BCUT2D eigenvalue weighted by Gasteiger charge is -2.35. The van der Waals surface area contributed by atoms with Crippen LogP contribution in [0.25, 0.3) is 0 Å². The lowest BCUT2D eigenvalue weighted by atomic mass is 9.86. The number of hydrogen-bond acceptors (Lipinski definition) is 3. The summed E-state index contributed by atoms with van der Waals surface area (Å²) in [6.45, 7) is 4.37. The van der Waals surface area contributed by atoms with E-state index in [1.807, 2.05) is 12.1 Å². The summed E-state index contributed by atoms with van der Waals surface area (Å²) in [6, 6.07) is 9.34. The lowest BCUT2D eigenvalue weighted by molar-refractivity contribution is 0.0363. The highest BCUT2D eigenvalue weighted by Gasteiger charge is 2.44. The number of anilines is 1. The van der Waals surface area contributed by atoms with Crippen molar-refractivity contribution in [1.29, 1.82) is 0 Å². The third kappa shape index (κ3) is 2.39. The summed E-state index contributed by atoms with van der Waals surface area (Å²) in [5, 5.41) is 3.25. The Balaban J connectivity index is 1.81. The molecular weight excluding hydrogens is 312 g/mol. The van der Waals surface area contributed by atoms with Crippen LogP contribution in [0.4, 0.5) is 14.5 Å². The highest BCUT2D eigenvalue weighted by Crippen LogP contribution is 2.46. The average Bonchev–Trinajstić information content (AvgIpc) is 3.04. The van der Waals surface area contributed by atoms with E-state index < -0.39 is 23.8 Å². The molecule has 2 aliphatic heterocycles. The van der Waals surface area contributed by atoms with Crippen LogP contribution in [-0.2, 0) is 9.47 Å². The van der Waals surface area contributed by atoms with Crippen LogP contribution in [0.3, 0.4) is 0 Å². The zero-order valence-electron chi connectivity index (χ0n) is 13.6. The first-order chi connectivity index (χ1) is 11.6. The minimum Gasteiger partial charge on any atom is -0.375 e. The second kappa shape index (κ2) is 5.83. The normalized spacial score (nSPS) is 25.3. The SMILES string of the molecule is CC(C)c1ccc2c(c1)C1OCOC1C(c1c(F)cccc1F)N2. The van der Waals surface area contributed by atoms with Gasteiger partial charge in [0.25, 0.3) is 0 Å². The van der Waals surface area contributed by atoms with E-state index in [1.54, 1.807) is 0 Å². The van der Waals surface area contributed by atoms with Crippen molar-refractivity contribution in [3.63, 3.8) is 0 Å². The molecule has 2 aliphatic rings. The van der Waals surface area contributed by atoms with Gasteiger partial charge in [-0.1, -0.05) is 32.0 Å². The molecule has 3 atom stereocenters. The van der Waals surface area contributed by atoms with Crippen LogP contribution in [0.2, 0.25) is 0 Å². The summed E-state index contributed by atoms with van der Waals surface area (Å²) in [4.78, 5) is 0. The zero-order valence-corrected chi connectivity index (χ0v) is 13.6. The molecule has 5 heteroatoms. The average molecular weight is 331 g/mol. The standard InChI is InChI=1S/C19H19F2NO2/c1-10(2)11-6-7-15-12(8-11)18-19(24-9-23-18)17(22-15)16-13(20)4-3-5-14(16)21/h3-8,10,17-19,22H,9H2,1-2H3. The maximum Gasteiger partial charge on any atom is 0.148 e. The molecule has 2 aromatic rings. The van der Waals surface area contributed by atoms with Crippen LogP contribution in [0.5, 0.6) is 0 Å². The fraction of sp³-hybridized carbons (Fsp3) is 0.368. The van der Waals surface area contributed by atoms with Crippen molar-refractivity contribution in [2.45, 2.75) is 38.0 Å². The number of benzene rings is 2. The van der Waals surface area contributed by atoms with Gasteiger partial charge < -0.3 is 14.8 Å². The number of ether oxygens (including phenoxy) is 2. The van der Waals surface area contributed by atoms with Gasteiger partial charge in [0.05, 0.1) is 6.04 Å². The van der Waals surface area contributed by atoms with Crippen LogP contribution in [0.1, 0.15) is 48.6 Å². The topological polar surface area (TPSA) is 30.5 Å². The Kier molecular flexibility index (Phi) is 3.77. The highest BCUT2D eigenvalue weighted by atomic mass is 19.1. The molecule has 3 unspecified atom stereocenters. The third-order valence-electron chi connectivity index (χ3n) is 4.81. The number of nitrogens with one attached hydrogen (secondary N) is 1. The van der Waals surface area contributed by atoms with Crippen LogP contribution >= 0.6 is 0 Å². The van der Waals surface area contributed by atoms with Gasteiger partial charge in [-0.2, -0.15) is 0 Å². The summed E-state index contributed by atoms with van der Waals surface area (Å²) in [7, 11) is 0. The summed E-state index contributed by atoms with van der Waals surface area (Å²) in [5.74, 6) is -0.772. The Labute approximate surface area is 139 Å². The molecule has 4 rings (SSSR count). The van der Waals surface area contributed by atoms with Gasteiger partial charge in [0, 0.05) is 16.8 Å². The molecule has 0 bridgehead atoms. The van der Waals surface area contributed by atoms with E-state index in [0.717, 1.165) is 11.3 Å². The van der Waals surface area contributed by atoms with E-state index in [-0.39, 0.29) is 18.5 Å². The Morgan fingerprint density at radius 2 is 1.83 bits per heavy atom. The van der Waals surface area contributed by atoms with E-state index >= 15 is 0 Å². The largest absolute Gasteiger partial charge is 0.375 e. The van der Waals surface area contributed by atoms with Crippen LogP contribution in [0.15, 0.2) is 36.4 Å². The Bertz CT molecular complexity index is 758. The van der Waals surface area contributed by atoms with Crippen LogP contribution in [-0.4, -0.2) is 12.9 Å². The number of halogens is 2. The Hall–Kier alpha value is -1.98. The maximum atomic E-state index is 14.3.